The van der Waals surface area contributed by atoms with Crippen LogP contribution in [0, 0.1) is 0 Å². The summed E-state index contributed by atoms with van der Waals surface area (Å²) < 4.78 is 8.07. The first kappa shape index (κ1) is 16.1. The van der Waals surface area contributed by atoms with Crippen molar-refractivity contribution in [2.75, 3.05) is 13.1 Å². The van der Waals surface area contributed by atoms with E-state index < -0.39 is 6.10 Å². The number of likely N-dealkylation sites (tertiary alicyclic amines) is 1. The summed E-state index contributed by atoms with van der Waals surface area (Å²) in [6.45, 7) is 2.21. The maximum atomic E-state index is 10.5. The van der Waals surface area contributed by atoms with Crippen LogP contribution < -0.4 is 4.74 Å². The summed E-state index contributed by atoms with van der Waals surface area (Å²) in [5.41, 5.74) is 0. The van der Waals surface area contributed by atoms with Gasteiger partial charge in [-0.15, -0.1) is 0 Å². The van der Waals surface area contributed by atoms with Crippen molar-refractivity contribution in [2.24, 2.45) is 7.05 Å². The van der Waals surface area contributed by atoms with E-state index in [9.17, 15) is 5.11 Å². The predicted molar refractivity (Wildman–Crippen MR) is 95.3 cm³/mol. The summed E-state index contributed by atoms with van der Waals surface area (Å²) >= 11 is 0. The van der Waals surface area contributed by atoms with Gasteiger partial charge in [0, 0.05) is 50.3 Å². The van der Waals surface area contributed by atoms with Crippen LogP contribution in [0.4, 0.5) is 0 Å². The molecule has 130 valence electrons. The highest BCUT2D eigenvalue weighted by atomic mass is 16.5. The van der Waals surface area contributed by atoms with Gasteiger partial charge in [0.25, 0.3) is 0 Å². The van der Waals surface area contributed by atoms with Gasteiger partial charge in [-0.05, 0) is 30.0 Å². The molecule has 6 nitrogen and oxygen atoms in total. The van der Waals surface area contributed by atoms with Crippen molar-refractivity contribution < 1.29 is 9.84 Å². The van der Waals surface area contributed by atoms with Crippen molar-refractivity contribution in [2.45, 2.75) is 25.2 Å². The van der Waals surface area contributed by atoms with E-state index in [4.69, 9.17) is 4.74 Å². The van der Waals surface area contributed by atoms with Crippen LogP contribution in [0.5, 0.6) is 5.75 Å². The topological polar surface area (TPSA) is 63.4 Å². The van der Waals surface area contributed by atoms with E-state index in [-0.39, 0.29) is 6.10 Å². The Morgan fingerprint density at radius 3 is 2.96 bits per heavy atom. The molecule has 1 aliphatic heterocycles. The Morgan fingerprint density at radius 2 is 2.16 bits per heavy atom. The van der Waals surface area contributed by atoms with E-state index in [2.05, 4.69) is 14.9 Å². The maximum Gasteiger partial charge on any atom is 0.127 e. The lowest BCUT2D eigenvalue weighted by molar-refractivity contribution is -0.0282. The van der Waals surface area contributed by atoms with Gasteiger partial charge < -0.3 is 14.4 Å². The number of β-amino-alcohol motifs (C(OH)–C–C–N with tert-alkyl or cyclic N) is 1. The number of ether oxygens (including phenoxy) is 1. The second-order valence-electron chi connectivity index (χ2n) is 6.59. The number of benzene rings is 1. The number of imidazole rings is 1. The number of aryl methyl sites for hydroxylation is 1. The van der Waals surface area contributed by atoms with Crippen molar-refractivity contribution in [1.29, 1.82) is 0 Å². The Labute approximate surface area is 146 Å². The molecule has 1 fully saturated rings. The third-order valence-corrected chi connectivity index (χ3v) is 4.79. The Kier molecular flexibility index (Phi) is 4.38. The van der Waals surface area contributed by atoms with E-state index >= 15 is 0 Å². The van der Waals surface area contributed by atoms with Gasteiger partial charge in [-0.2, -0.15) is 0 Å². The fourth-order valence-electron chi connectivity index (χ4n) is 3.32. The zero-order valence-electron chi connectivity index (χ0n) is 14.2. The quantitative estimate of drug-likeness (QED) is 0.788. The molecular formula is C19H22N4O2. The first-order chi connectivity index (χ1) is 12.2. The van der Waals surface area contributed by atoms with Crippen LogP contribution in [0.25, 0.3) is 10.8 Å². The van der Waals surface area contributed by atoms with Gasteiger partial charge >= 0.3 is 0 Å². The third kappa shape index (κ3) is 3.50. The number of piperidine rings is 1. The fraction of sp³-hybridized carbons (Fsp3) is 0.368. The molecule has 0 radical (unpaired) electrons. The molecule has 6 heteroatoms. The number of nitrogens with zero attached hydrogens (tertiary/aromatic N) is 4. The maximum absolute atomic E-state index is 10.5. The molecule has 1 aromatic carbocycles. The number of hydrogen-bond donors (Lipinski definition) is 1. The molecule has 25 heavy (non-hydrogen) atoms. The summed E-state index contributed by atoms with van der Waals surface area (Å²) in [7, 11) is 1.99. The molecule has 0 bridgehead atoms. The zero-order chi connectivity index (χ0) is 17.2. The SMILES string of the molecule is Cn1ccnc1CN1CC[C@@H](Oc2ccc3ccncc3c2)[C@H](O)C1. The number of rotatable bonds is 4. The smallest absolute Gasteiger partial charge is 0.127 e. The third-order valence-electron chi connectivity index (χ3n) is 4.79. The van der Waals surface area contributed by atoms with Crippen molar-refractivity contribution in [3.63, 3.8) is 0 Å². The molecular weight excluding hydrogens is 316 g/mol. The molecule has 2 aromatic heterocycles. The second kappa shape index (κ2) is 6.82. The van der Waals surface area contributed by atoms with E-state index in [1.54, 1.807) is 12.4 Å². The number of hydrogen-bond acceptors (Lipinski definition) is 5. The Balaban J connectivity index is 1.39. The van der Waals surface area contributed by atoms with Crippen molar-refractivity contribution in [1.82, 2.24) is 19.4 Å². The van der Waals surface area contributed by atoms with Crippen molar-refractivity contribution >= 4 is 10.8 Å². The molecule has 2 atom stereocenters. The molecule has 1 aliphatic rings. The van der Waals surface area contributed by atoms with Gasteiger partial charge in [-0.1, -0.05) is 6.07 Å². The highest BCUT2D eigenvalue weighted by Gasteiger charge is 2.29. The Bertz CT molecular complexity index is 863. The molecule has 0 aliphatic carbocycles. The van der Waals surface area contributed by atoms with E-state index in [0.29, 0.717) is 6.54 Å². The molecule has 3 aromatic rings. The lowest BCUT2D eigenvalue weighted by Gasteiger charge is -2.35. The fourth-order valence-corrected chi connectivity index (χ4v) is 3.32. The minimum absolute atomic E-state index is 0.188. The van der Waals surface area contributed by atoms with Crippen LogP contribution in [-0.4, -0.2) is 49.8 Å². The van der Waals surface area contributed by atoms with Gasteiger partial charge in [0.1, 0.15) is 23.8 Å². The molecule has 4 rings (SSSR count). The molecule has 3 heterocycles. The minimum atomic E-state index is -0.515. The van der Waals surface area contributed by atoms with Crippen molar-refractivity contribution in [3.05, 3.63) is 54.9 Å². The lowest BCUT2D eigenvalue weighted by Crippen LogP contribution is -2.48. The van der Waals surface area contributed by atoms with Gasteiger partial charge in [-0.25, -0.2) is 4.98 Å². The van der Waals surface area contributed by atoms with Crippen LogP contribution in [0.15, 0.2) is 49.1 Å². The van der Waals surface area contributed by atoms with E-state index in [1.165, 1.54) is 0 Å². The van der Waals surface area contributed by atoms with Gasteiger partial charge in [0.05, 0.1) is 6.54 Å². The standard InChI is InChI=1S/C19H22N4O2/c1-22-9-7-21-19(22)13-23-8-5-18(17(24)12-23)25-16-3-2-14-4-6-20-11-15(14)10-16/h2-4,6-7,9-11,17-18,24H,5,8,12-13H2,1H3/t17-,18-/m1/s1. The van der Waals surface area contributed by atoms with E-state index in [1.807, 2.05) is 48.3 Å². The van der Waals surface area contributed by atoms with Crippen LogP contribution in [0.3, 0.4) is 0 Å². The number of aliphatic hydroxyl groups is 1. The summed E-state index contributed by atoms with van der Waals surface area (Å²) in [6.07, 6.45) is 7.44. The van der Waals surface area contributed by atoms with E-state index in [0.717, 1.165) is 41.9 Å². The molecule has 1 saturated heterocycles. The number of aromatic nitrogens is 3. The largest absolute Gasteiger partial charge is 0.488 e. The zero-order valence-corrected chi connectivity index (χ0v) is 14.2. The van der Waals surface area contributed by atoms with Gasteiger partial charge in [-0.3, -0.25) is 9.88 Å². The number of pyridine rings is 1. The second-order valence-corrected chi connectivity index (χ2v) is 6.59. The molecule has 0 unspecified atom stereocenters. The van der Waals surface area contributed by atoms with Crippen LogP contribution in [0.1, 0.15) is 12.2 Å². The Hall–Kier alpha value is -2.44. The van der Waals surface area contributed by atoms with Gasteiger partial charge in [0.15, 0.2) is 0 Å². The number of aliphatic hydroxyl groups excluding tert-OH is 1. The molecule has 1 N–H and O–H groups in total. The molecule has 0 amide bonds. The Morgan fingerprint density at radius 1 is 1.24 bits per heavy atom. The average molecular weight is 338 g/mol. The normalized spacial score (nSPS) is 21.5. The van der Waals surface area contributed by atoms with Crippen molar-refractivity contribution in [3.8, 4) is 5.75 Å². The summed E-state index contributed by atoms with van der Waals surface area (Å²) in [4.78, 5) is 10.7. The summed E-state index contributed by atoms with van der Waals surface area (Å²) in [5, 5.41) is 12.7. The highest BCUT2D eigenvalue weighted by Crippen LogP contribution is 2.24. The lowest BCUT2D eigenvalue weighted by atomic mass is 10.0. The number of fused-ring (bicyclic) bond motifs is 1. The predicted octanol–water partition coefficient (Wildman–Crippen LogP) is 1.98. The van der Waals surface area contributed by atoms with Crippen LogP contribution in [0.2, 0.25) is 0 Å². The minimum Gasteiger partial charge on any atom is -0.488 e. The molecule has 0 saturated carbocycles. The van der Waals surface area contributed by atoms with Gasteiger partial charge in [0.2, 0.25) is 0 Å². The van der Waals surface area contributed by atoms with Crippen LogP contribution >= 0.6 is 0 Å². The first-order valence-electron chi connectivity index (χ1n) is 8.56. The first-order valence-corrected chi connectivity index (χ1v) is 8.56. The highest BCUT2D eigenvalue weighted by molar-refractivity contribution is 5.82. The summed E-state index contributed by atoms with van der Waals surface area (Å²) in [5.74, 6) is 1.79. The monoisotopic (exact) mass is 338 g/mol. The molecule has 0 spiro atoms. The average Bonchev–Trinajstić information content (AvgIpc) is 3.02. The van der Waals surface area contributed by atoms with Crippen LogP contribution in [-0.2, 0) is 13.6 Å². The summed E-state index contributed by atoms with van der Waals surface area (Å²) in [6, 6.07) is 7.93.